The summed E-state index contributed by atoms with van der Waals surface area (Å²) in [6, 6.07) is 12.8. The van der Waals surface area contributed by atoms with E-state index in [9.17, 15) is 14.4 Å². The molecule has 2 heterocycles. The van der Waals surface area contributed by atoms with Crippen LogP contribution in [0.4, 0.5) is 17.2 Å². The van der Waals surface area contributed by atoms with Gasteiger partial charge in [-0.05, 0) is 37.1 Å². The molecule has 10 nitrogen and oxygen atoms in total. The number of aromatic nitrogens is 2. The van der Waals surface area contributed by atoms with Crippen LogP contribution < -0.4 is 22.0 Å². The van der Waals surface area contributed by atoms with E-state index in [4.69, 9.17) is 11.7 Å². The summed E-state index contributed by atoms with van der Waals surface area (Å²) >= 11 is 0. The third kappa shape index (κ3) is 4.92. The standard InChI is InChI=1S/C27H33N7O3/c1-17(2)15-32(4)26(37)27(3)13-20-23(21(36)14-27)24(31-19-8-6-5-7-9-19)25(34(20)29)18-10-11-30-22(12-18)33(28)16-35/h5-12,16-17,31H,13-15,28-29H2,1-4H3. The Hall–Kier alpha value is -4.18. The van der Waals surface area contributed by atoms with Crippen molar-refractivity contribution in [2.45, 2.75) is 33.6 Å². The van der Waals surface area contributed by atoms with E-state index in [1.54, 1.807) is 24.1 Å². The molecule has 1 atom stereocenters. The number of amides is 2. The number of nitrogens with two attached hydrogens (primary N) is 2. The summed E-state index contributed by atoms with van der Waals surface area (Å²) in [4.78, 5) is 44.3. The van der Waals surface area contributed by atoms with E-state index in [2.05, 4.69) is 10.3 Å². The summed E-state index contributed by atoms with van der Waals surface area (Å²) in [7, 11) is 1.77. The zero-order valence-electron chi connectivity index (χ0n) is 21.6. The summed E-state index contributed by atoms with van der Waals surface area (Å²) in [5.74, 6) is 12.7. The number of carbonyl (C=O) groups is 3. The minimum absolute atomic E-state index is 0.0670. The van der Waals surface area contributed by atoms with E-state index in [1.165, 1.54) is 10.9 Å². The quantitative estimate of drug-likeness (QED) is 0.186. The predicted molar refractivity (Wildman–Crippen MR) is 144 cm³/mol. The van der Waals surface area contributed by atoms with Crippen LogP contribution in [0.15, 0.2) is 48.7 Å². The SMILES string of the molecule is CC(C)CN(C)C(=O)C1(C)CC(=O)c2c(Nc3ccccc3)c(-c3ccnc(N(N)C=O)c3)n(N)c2C1. The van der Waals surface area contributed by atoms with Crippen molar-refractivity contribution in [1.29, 1.82) is 0 Å². The first-order valence-electron chi connectivity index (χ1n) is 12.1. The summed E-state index contributed by atoms with van der Waals surface area (Å²) in [5.41, 5.74) is 2.53. The molecule has 3 aromatic rings. The normalized spacial score (nSPS) is 16.9. The fraction of sp³-hybridized carbons (Fsp3) is 0.333. The number of nitrogen functional groups attached to an aromatic ring is 1. The van der Waals surface area contributed by atoms with Gasteiger partial charge in [0, 0.05) is 43.9 Å². The fourth-order valence-corrected chi connectivity index (χ4v) is 5.06. The topological polar surface area (TPSA) is 140 Å². The summed E-state index contributed by atoms with van der Waals surface area (Å²) < 4.78 is 1.46. The Morgan fingerprint density at radius 2 is 1.95 bits per heavy atom. The minimum atomic E-state index is -0.931. The van der Waals surface area contributed by atoms with Crippen molar-refractivity contribution in [2.24, 2.45) is 17.2 Å². The molecule has 1 aliphatic rings. The van der Waals surface area contributed by atoms with E-state index >= 15 is 0 Å². The zero-order valence-corrected chi connectivity index (χ0v) is 21.6. The van der Waals surface area contributed by atoms with Crippen LogP contribution in [0.2, 0.25) is 0 Å². The van der Waals surface area contributed by atoms with Crippen LogP contribution in [0.1, 0.15) is 43.2 Å². The lowest BCUT2D eigenvalue weighted by Gasteiger charge is -2.36. The molecule has 2 amide bonds. The van der Waals surface area contributed by atoms with E-state index in [0.717, 1.165) is 10.7 Å². The van der Waals surface area contributed by atoms with Crippen LogP contribution in [0.3, 0.4) is 0 Å². The van der Waals surface area contributed by atoms with Crippen molar-refractivity contribution >= 4 is 35.3 Å². The maximum atomic E-state index is 13.7. The van der Waals surface area contributed by atoms with Gasteiger partial charge in [-0.2, -0.15) is 0 Å². The largest absolute Gasteiger partial charge is 0.353 e. The second-order valence-electron chi connectivity index (χ2n) is 10.2. The molecule has 0 saturated heterocycles. The fourth-order valence-electron chi connectivity index (χ4n) is 5.06. The van der Waals surface area contributed by atoms with Gasteiger partial charge < -0.3 is 16.1 Å². The lowest BCUT2D eigenvalue weighted by molar-refractivity contribution is -0.140. The van der Waals surface area contributed by atoms with Crippen LogP contribution in [-0.4, -0.2) is 46.3 Å². The molecule has 0 spiro atoms. The number of nitrogens with one attached hydrogen (secondary N) is 1. The number of rotatable bonds is 8. The third-order valence-electron chi connectivity index (χ3n) is 6.64. The van der Waals surface area contributed by atoms with Gasteiger partial charge in [-0.15, -0.1) is 0 Å². The number of Topliss-reactive ketones (excluding diaryl/α,β-unsaturated/α-hetero) is 1. The molecule has 37 heavy (non-hydrogen) atoms. The van der Waals surface area contributed by atoms with Crippen molar-refractivity contribution in [3.8, 4) is 11.3 Å². The van der Waals surface area contributed by atoms with Crippen LogP contribution in [0, 0.1) is 11.3 Å². The van der Waals surface area contributed by atoms with Gasteiger partial charge in [0.05, 0.1) is 28.1 Å². The molecule has 0 bridgehead atoms. The van der Waals surface area contributed by atoms with Crippen molar-refractivity contribution in [3.63, 3.8) is 0 Å². The molecule has 5 N–H and O–H groups in total. The Morgan fingerprint density at radius 3 is 2.59 bits per heavy atom. The summed E-state index contributed by atoms with van der Waals surface area (Å²) in [6.07, 6.45) is 2.33. The number of hydrogen-bond acceptors (Lipinski definition) is 7. The number of pyridine rings is 1. The number of hydrazine groups is 1. The highest BCUT2D eigenvalue weighted by molar-refractivity contribution is 6.10. The maximum Gasteiger partial charge on any atom is 0.229 e. The van der Waals surface area contributed by atoms with Crippen LogP contribution in [0.25, 0.3) is 11.3 Å². The zero-order chi connectivity index (χ0) is 26.9. The maximum absolute atomic E-state index is 13.7. The molecular weight excluding hydrogens is 470 g/mol. The number of fused-ring (bicyclic) bond motifs is 1. The summed E-state index contributed by atoms with van der Waals surface area (Å²) in [6.45, 7) is 6.51. The van der Waals surface area contributed by atoms with E-state index < -0.39 is 5.41 Å². The molecular formula is C27H33N7O3. The number of para-hydroxylation sites is 1. The van der Waals surface area contributed by atoms with E-state index in [0.29, 0.717) is 53.5 Å². The van der Waals surface area contributed by atoms with Gasteiger partial charge in [-0.3, -0.25) is 19.1 Å². The highest BCUT2D eigenvalue weighted by atomic mass is 16.2. The predicted octanol–water partition coefficient (Wildman–Crippen LogP) is 3.09. The highest BCUT2D eigenvalue weighted by Crippen LogP contribution is 2.45. The van der Waals surface area contributed by atoms with Gasteiger partial charge in [0.1, 0.15) is 5.82 Å². The molecule has 1 unspecified atom stereocenters. The molecule has 0 saturated carbocycles. The highest BCUT2D eigenvalue weighted by Gasteiger charge is 2.45. The van der Waals surface area contributed by atoms with Gasteiger partial charge in [0.25, 0.3) is 0 Å². The summed E-state index contributed by atoms with van der Waals surface area (Å²) in [5, 5.41) is 4.23. The number of hydrogen-bond donors (Lipinski definition) is 3. The average Bonchev–Trinajstić information content (AvgIpc) is 3.14. The van der Waals surface area contributed by atoms with Gasteiger partial charge in [-0.1, -0.05) is 32.0 Å². The van der Waals surface area contributed by atoms with Crippen molar-refractivity contribution in [2.75, 3.05) is 29.8 Å². The van der Waals surface area contributed by atoms with Gasteiger partial charge >= 0.3 is 0 Å². The lowest BCUT2D eigenvalue weighted by atomic mass is 9.73. The van der Waals surface area contributed by atoms with Crippen molar-refractivity contribution in [3.05, 3.63) is 59.9 Å². The first kappa shape index (κ1) is 25.9. The molecule has 4 rings (SSSR count). The molecule has 1 aromatic carbocycles. The molecule has 194 valence electrons. The van der Waals surface area contributed by atoms with Gasteiger partial charge in [0.2, 0.25) is 12.3 Å². The Morgan fingerprint density at radius 1 is 1.24 bits per heavy atom. The molecule has 0 aliphatic heterocycles. The molecule has 10 heteroatoms. The Labute approximate surface area is 216 Å². The molecule has 1 aliphatic carbocycles. The average molecular weight is 504 g/mol. The molecule has 2 aromatic heterocycles. The number of carbonyl (C=O) groups excluding carboxylic acids is 3. The van der Waals surface area contributed by atoms with E-state index in [-0.39, 0.29) is 23.9 Å². The van der Waals surface area contributed by atoms with Crippen molar-refractivity contribution < 1.29 is 14.4 Å². The van der Waals surface area contributed by atoms with Gasteiger partial charge in [0.15, 0.2) is 5.78 Å². The molecule has 0 radical (unpaired) electrons. The van der Waals surface area contributed by atoms with Crippen LogP contribution in [-0.2, 0) is 16.0 Å². The Balaban J connectivity index is 1.87. The molecule has 0 fully saturated rings. The Bertz CT molecular complexity index is 1340. The van der Waals surface area contributed by atoms with E-state index in [1.807, 2.05) is 51.1 Å². The number of ketones is 1. The number of anilines is 3. The Kier molecular flexibility index (Phi) is 7.04. The smallest absolute Gasteiger partial charge is 0.229 e. The van der Waals surface area contributed by atoms with Crippen LogP contribution in [0.5, 0.6) is 0 Å². The third-order valence-corrected chi connectivity index (χ3v) is 6.64. The monoisotopic (exact) mass is 503 g/mol. The first-order valence-corrected chi connectivity index (χ1v) is 12.1. The number of nitrogens with zero attached hydrogens (tertiary/aromatic N) is 4. The minimum Gasteiger partial charge on any atom is -0.353 e. The van der Waals surface area contributed by atoms with Gasteiger partial charge in [-0.25, -0.2) is 15.8 Å². The second kappa shape index (κ2) is 10.1. The first-order chi connectivity index (χ1) is 17.6. The van der Waals surface area contributed by atoms with Crippen LogP contribution >= 0.6 is 0 Å². The van der Waals surface area contributed by atoms with Crippen molar-refractivity contribution in [1.82, 2.24) is 14.6 Å². The second-order valence-corrected chi connectivity index (χ2v) is 10.2. The lowest BCUT2D eigenvalue weighted by Crippen LogP contribution is -2.46. The number of benzene rings is 1.